The molecule has 7 nitrogen and oxygen atoms in total. The van der Waals surface area contributed by atoms with Gasteiger partial charge in [-0.3, -0.25) is 0 Å². The molecule has 0 saturated carbocycles. The maximum atomic E-state index is 5.40. The molecule has 0 bridgehead atoms. The topological polar surface area (TPSA) is 89.9 Å². The first-order valence-corrected chi connectivity index (χ1v) is 8.77. The fraction of sp³-hybridized carbons (Fsp3) is 0.474. The first-order valence-electron chi connectivity index (χ1n) is 8.77. The molecule has 1 aromatic carbocycles. The number of nitrogens with zero attached hydrogens (tertiary/aromatic N) is 4. The molecule has 1 N–H and O–H groups in total. The van der Waals surface area contributed by atoms with Gasteiger partial charge in [-0.2, -0.15) is 9.97 Å². The van der Waals surface area contributed by atoms with Crippen molar-refractivity contribution in [3.63, 3.8) is 0 Å². The van der Waals surface area contributed by atoms with Crippen molar-refractivity contribution in [3.05, 3.63) is 36.0 Å². The number of nitrogens with one attached hydrogen (secondary N) is 1. The van der Waals surface area contributed by atoms with Crippen molar-refractivity contribution < 1.29 is 9.05 Å². The monoisotopic (exact) mass is 391 g/mol. The number of likely N-dealkylation sites (N-methyl/N-ethyl adjacent to an activating group) is 1. The fourth-order valence-electron chi connectivity index (χ4n) is 2.52. The van der Waals surface area contributed by atoms with Crippen LogP contribution in [-0.4, -0.2) is 33.4 Å². The van der Waals surface area contributed by atoms with Crippen LogP contribution < -0.4 is 5.32 Å². The summed E-state index contributed by atoms with van der Waals surface area (Å²) in [6.45, 7) is 8.49. The Morgan fingerprint density at radius 2 is 1.81 bits per heavy atom. The van der Waals surface area contributed by atoms with E-state index in [-0.39, 0.29) is 23.9 Å². The molecule has 27 heavy (non-hydrogen) atoms. The Kier molecular flexibility index (Phi) is 6.73. The van der Waals surface area contributed by atoms with Crippen molar-refractivity contribution in [2.75, 3.05) is 7.05 Å². The third-order valence-corrected chi connectivity index (χ3v) is 3.97. The highest BCUT2D eigenvalue weighted by atomic mass is 35.5. The highest BCUT2D eigenvalue weighted by Crippen LogP contribution is 2.25. The van der Waals surface area contributed by atoms with Gasteiger partial charge in [0.25, 0.3) is 5.89 Å². The molecular weight excluding hydrogens is 366 g/mol. The Labute approximate surface area is 165 Å². The molecule has 0 aliphatic carbocycles. The van der Waals surface area contributed by atoms with E-state index in [0.717, 1.165) is 17.5 Å². The van der Waals surface area contributed by atoms with E-state index in [9.17, 15) is 0 Å². The van der Waals surface area contributed by atoms with Crippen molar-refractivity contribution in [1.82, 2.24) is 25.6 Å². The summed E-state index contributed by atoms with van der Waals surface area (Å²) < 4.78 is 10.8. The van der Waals surface area contributed by atoms with Crippen molar-refractivity contribution in [2.45, 2.75) is 46.6 Å². The molecule has 8 heteroatoms. The highest BCUT2D eigenvalue weighted by Gasteiger charge is 2.18. The van der Waals surface area contributed by atoms with Crippen LogP contribution in [0.2, 0.25) is 0 Å². The summed E-state index contributed by atoms with van der Waals surface area (Å²) in [4.78, 5) is 8.98. The maximum absolute atomic E-state index is 5.40. The average molecular weight is 392 g/mol. The standard InChI is InChI=1S/C19H25N5O2.ClH/c1-12(20-5)9-15-21-18(26-23-15)14-8-6-7-13(10-14)17-22-16(25-24-17)11-19(2,3)4;/h6-8,10,12,20H,9,11H2,1-5H3;1H. The van der Waals surface area contributed by atoms with Gasteiger partial charge in [-0.15, -0.1) is 12.4 Å². The number of hydrogen-bond donors (Lipinski definition) is 1. The lowest BCUT2D eigenvalue weighted by Gasteiger charge is -2.13. The number of hydrogen-bond acceptors (Lipinski definition) is 7. The van der Waals surface area contributed by atoms with Crippen molar-refractivity contribution in [3.8, 4) is 22.8 Å². The van der Waals surface area contributed by atoms with Gasteiger partial charge in [0.15, 0.2) is 5.82 Å². The lowest BCUT2D eigenvalue weighted by Crippen LogP contribution is -2.24. The van der Waals surface area contributed by atoms with E-state index in [1.165, 1.54) is 0 Å². The molecule has 0 saturated heterocycles. The van der Waals surface area contributed by atoms with Crippen LogP contribution in [0.4, 0.5) is 0 Å². The average Bonchev–Trinajstić information content (AvgIpc) is 3.23. The summed E-state index contributed by atoms with van der Waals surface area (Å²) >= 11 is 0. The molecule has 1 unspecified atom stereocenters. The second kappa shape index (κ2) is 8.63. The quantitative estimate of drug-likeness (QED) is 0.680. The van der Waals surface area contributed by atoms with Gasteiger partial charge in [0.05, 0.1) is 0 Å². The number of halogens is 1. The molecule has 3 rings (SSSR count). The highest BCUT2D eigenvalue weighted by molar-refractivity contribution is 5.85. The van der Waals surface area contributed by atoms with E-state index in [2.05, 4.69) is 53.3 Å². The number of aromatic nitrogens is 4. The van der Waals surface area contributed by atoms with Crippen LogP contribution >= 0.6 is 12.4 Å². The number of rotatable bonds is 6. The van der Waals surface area contributed by atoms with E-state index in [0.29, 0.717) is 29.9 Å². The van der Waals surface area contributed by atoms with Crippen LogP contribution in [-0.2, 0) is 12.8 Å². The van der Waals surface area contributed by atoms with Crippen molar-refractivity contribution in [1.29, 1.82) is 0 Å². The van der Waals surface area contributed by atoms with Gasteiger partial charge in [0.1, 0.15) is 0 Å². The lowest BCUT2D eigenvalue weighted by atomic mass is 9.92. The zero-order valence-corrected chi connectivity index (χ0v) is 17.1. The molecule has 0 fully saturated rings. The van der Waals surface area contributed by atoms with E-state index in [1.54, 1.807) is 0 Å². The van der Waals surface area contributed by atoms with Gasteiger partial charge in [-0.25, -0.2) is 0 Å². The summed E-state index contributed by atoms with van der Waals surface area (Å²) in [5.74, 6) is 2.37. The first-order chi connectivity index (χ1) is 12.3. The Hall–Kier alpha value is -2.25. The molecule has 0 aliphatic rings. The molecule has 2 aromatic heterocycles. The zero-order chi connectivity index (χ0) is 18.7. The minimum Gasteiger partial charge on any atom is -0.339 e. The van der Waals surface area contributed by atoms with Crippen LogP contribution in [0.15, 0.2) is 33.3 Å². The molecule has 3 aromatic rings. The van der Waals surface area contributed by atoms with Crippen molar-refractivity contribution >= 4 is 12.4 Å². The SMILES string of the molecule is CNC(C)Cc1noc(-c2cccc(-c3noc(CC(C)(C)C)n3)c2)n1.Cl. The zero-order valence-electron chi connectivity index (χ0n) is 16.3. The van der Waals surface area contributed by atoms with Crippen LogP contribution in [0.1, 0.15) is 39.4 Å². The Balaban J connectivity index is 0.00000261. The smallest absolute Gasteiger partial charge is 0.257 e. The lowest BCUT2D eigenvalue weighted by molar-refractivity contribution is 0.314. The summed E-state index contributed by atoms with van der Waals surface area (Å²) in [7, 11) is 1.91. The molecule has 0 spiro atoms. The predicted octanol–water partition coefficient (Wildman–Crippen LogP) is 3.95. The first kappa shape index (κ1) is 21.1. The number of benzene rings is 1. The van der Waals surface area contributed by atoms with Gasteiger partial charge < -0.3 is 14.4 Å². The van der Waals surface area contributed by atoms with E-state index in [1.807, 2.05) is 31.3 Å². The second-order valence-corrected chi connectivity index (χ2v) is 7.74. The Morgan fingerprint density at radius 1 is 1.07 bits per heavy atom. The molecule has 0 aliphatic heterocycles. The summed E-state index contributed by atoms with van der Waals surface area (Å²) in [5, 5.41) is 11.3. The van der Waals surface area contributed by atoms with Gasteiger partial charge >= 0.3 is 0 Å². The van der Waals surface area contributed by atoms with Crippen molar-refractivity contribution in [2.24, 2.45) is 5.41 Å². The molecule has 1 atom stereocenters. The summed E-state index contributed by atoms with van der Waals surface area (Å²) in [5.41, 5.74) is 1.78. The summed E-state index contributed by atoms with van der Waals surface area (Å²) in [6, 6.07) is 8.01. The van der Waals surface area contributed by atoms with Gasteiger partial charge in [0.2, 0.25) is 11.7 Å². The minimum absolute atomic E-state index is 0. The molecule has 2 heterocycles. The second-order valence-electron chi connectivity index (χ2n) is 7.74. The summed E-state index contributed by atoms with van der Waals surface area (Å²) in [6.07, 6.45) is 1.44. The third-order valence-electron chi connectivity index (χ3n) is 3.97. The molecule has 0 amide bonds. The Morgan fingerprint density at radius 3 is 2.52 bits per heavy atom. The molecule has 0 radical (unpaired) electrons. The fourth-order valence-corrected chi connectivity index (χ4v) is 2.52. The van der Waals surface area contributed by atoms with Crippen LogP contribution in [0.3, 0.4) is 0 Å². The van der Waals surface area contributed by atoms with E-state index < -0.39 is 0 Å². The van der Waals surface area contributed by atoms with Gasteiger partial charge in [0, 0.05) is 30.0 Å². The molecule has 146 valence electrons. The van der Waals surface area contributed by atoms with E-state index >= 15 is 0 Å². The Bertz CT molecular complexity index is 869. The van der Waals surface area contributed by atoms with Crippen LogP contribution in [0.5, 0.6) is 0 Å². The molecular formula is C19H26ClN5O2. The predicted molar refractivity (Wildman–Crippen MR) is 106 cm³/mol. The van der Waals surface area contributed by atoms with Gasteiger partial charge in [-0.05, 0) is 31.5 Å². The maximum Gasteiger partial charge on any atom is 0.257 e. The normalized spacial score (nSPS) is 12.6. The minimum atomic E-state index is 0. The van der Waals surface area contributed by atoms with Gasteiger partial charge in [-0.1, -0.05) is 43.2 Å². The largest absolute Gasteiger partial charge is 0.339 e. The van der Waals surface area contributed by atoms with Crippen LogP contribution in [0, 0.1) is 5.41 Å². The third kappa shape index (κ3) is 5.61. The van der Waals surface area contributed by atoms with E-state index in [4.69, 9.17) is 9.05 Å². The van der Waals surface area contributed by atoms with Crippen LogP contribution in [0.25, 0.3) is 22.8 Å².